The zero-order chi connectivity index (χ0) is 9.52. The molecule has 0 radical (unpaired) electrons. The lowest BCUT2D eigenvalue weighted by molar-refractivity contribution is 0.153. The lowest BCUT2D eigenvalue weighted by Gasteiger charge is -2.27. The van der Waals surface area contributed by atoms with Crippen LogP contribution in [0.15, 0.2) is 0 Å². The largest absolute Gasteiger partial charge is 0.395 e. The first-order valence-corrected chi connectivity index (χ1v) is 5.38. The fraction of sp³-hybridized carbons (Fsp3) is 1.00. The van der Waals surface area contributed by atoms with E-state index < -0.39 is 0 Å². The van der Waals surface area contributed by atoms with Crippen molar-refractivity contribution in [2.75, 3.05) is 33.3 Å². The van der Waals surface area contributed by atoms with Crippen molar-refractivity contribution in [1.29, 1.82) is 0 Å². The van der Waals surface area contributed by atoms with E-state index in [4.69, 9.17) is 5.11 Å². The third kappa shape index (κ3) is 3.63. The molecule has 0 atom stereocenters. The van der Waals surface area contributed by atoms with Crippen LogP contribution < -0.4 is 5.32 Å². The highest BCUT2D eigenvalue weighted by molar-refractivity contribution is 4.77. The van der Waals surface area contributed by atoms with Crippen molar-refractivity contribution in [3.8, 4) is 0 Å². The van der Waals surface area contributed by atoms with Crippen LogP contribution in [0, 0.1) is 0 Å². The molecule has 3 heteroatoms. The minimum Gasteiger partial charge on any atom is -0.395 e. The van der Waals surface area contributed by atoms with Crippen LogP contribution in [-0.4, -0.2) is 49.3 Å². The number of nitrogens with zero attached hydrogens (tertiary/aromatic N) is 1. The van der Waals surface area contributed by atoms with Gasteiger partial charge in [0.25, 0.3) is 0 Å². The summed E-state index contributed by atoms with van der Waals surface area (Å²) < 4.78 is 0. The average Bonchev–Trinajstić information content (AvgIpc) is 2.65. The van der Waals surface area contributed by atoms with Gasteiger partial charge >= 0.3 is 0 Å². The highest BCUT2D eigenvalue weighted by Crippen LogP contribution is 2.22. The van der Waals surface area contributed by atoms with E-state index in [0.29, 0.717) is 6.61 Å². The van der Waals surface area contributed by atoms with E-state index in [1.807, 2.05) is 7.05 Å². The summed E-state index contributed by atoms with van der Waals surface area (Å²) in [6.45, 7) is 3.23. The molecule has 78 valence electrons. The van der Waals surface area contributed by atoms with Gasteiger partial charge in [-0.3, -0.25) is 4.90 Å². The summed E-state index contributed by atoms with van der Waals surface area (Å²) >= 11 is 0. The van der Waals surface area contributed by atoms with Gasteiger partial charge in [0.15, 0.2) is 0 Å². The van der Waals surface area contributed by atoms with Crippen LogP contribution in [0.25, 0.3) is 0 Å². The van der Waals surface area contributed by atoms with Crippen LogP contribution in [-0.2, 0) is 0 Å². The zero-order valence-electron chi connectivity index (χ0n) is 8.63. The molecular formula is C10H22N2O. The summed E-state index contributed by atoms with van der Waals surface area (Å²) in [6, 6.07) is 0.737. The summed E-state index contributed by atoms with van der Waals surface area (Å²) in [5.41, 5.74) is 0. The number of rotatable bonds is 6. The Morgan fingerprint density at radius 1 is 1.31 bits per heavy atom. The number of nitrogens with one attached hydrogen (secondary N) is 1. The lowest BCUT2D eigenvalue weighted by atomic mass is 10.2. The van der Waals surface area contributed by atoms with Gasteiger partial charge in [0.1, 0.15) is 0 Å². The quantitative estimate of drug-likeness (QED) is 0.632. The fourth-order valence-electron chi connectivity index (χ4n) is 2.13. The molecule has 1 rings (SSSR count). The Balaban J connectivity index is 2.26. The summed E-state index contributed by atoms with van der Waals surface area (Å²) in [4.78, 5) is 2.42. The van der Waals surface area contributed by atoms with Gasteiger partial charge in [0.2, 0.25) is 0 Å². The summed E-state index contributed by atoms with van der Waals surface area (Å²) in [6.07, 6.45) is 5.38. The van der Waals surface area contributed by atoms with Gasteiger partial charge in [-0.05, 0) is 19.9 Å². The van der Waals surface area contributed by atoms with E-state index in [1.54, 1.807) is 0 Å². The molecule has 0 aromatic rings. The SMILES string of the molecule is CNCCN(CCO)C1CCCC1. The highest BCUT2D eigenvalue weighted by atomic mass is 16.3. The molecule has 0 amide bonds. The van der Waals surface area contributed by atoms with E-state index in [1.165, 1.54) is 25.7 Å². The van der Waals surface area contributed by atoms with Crippen molar-refractivity contribution in [2.45, 2.75) is 31.7 Å². The smallest absolute Gasteiger partial charge is 0.0558 e. The summed E-state index contributed by atoms with van der Waals surface area (Å²) in [5, 5.41) is 12.1. The molecule has 0 aromatic carbocycles. The first-order valence-electron chi connectivity index (χ1n) is 5.38. The summed E-state index contributed by atoms with van der Waals surface area (Å²) in [5.74, 6) is 0. The second kappa shape index (κ2) is 6.35. The van der Waals surface area contributed by atoms with Crippen molar-refractivity contribution < 1.29 is 5.11 Å². The first kappa shape index (κ1) is 11.0. The molecule has 0 bridgehead atoms. The minimum absolute atomic E-state index is 0.292. The Bertz CT molecular complexity index is 124. The third-order valence-electron chi connectivity index (χ3n) is 2.88. The molecule has 1 fully saturated rings. The average molecular weight is 186 g/mol. The van der Waals surface area contributed by atoms with E-state index in [2.05, 4.69) is 10.2 Å². The molecule has 0 aliphatic heterocycles. The number of hydrogen-bond acceptors (Lipinski definition) is 3. The van der Waals surface area contributed by atoms with Crippen LogP contribution in [0.1, 0.15) is 25.7 Å². The normalized spacial score (nSPS) is 18.7. The standard InChI is InChI=1S/C10H22N2O/c1-11-6-7-12(8-9-13)10-4-2-3-5-10/h10-11,13H,2-9H2,1H3. The molecule has 1 aliphatic carbocycles. The van der Waals surface area contributed by atoms with E-state index in [-0.39, 0.29) is 0 Å². The number of aliphatic hydroxyl groups is 1. The van der Waals surface area contributed by atoms with Crippen molar-refractivity contribution in [1.82, 2.24) is 10.2 Å². The predicted octanol–water partition coefficient (Wildman–Crippen LogP) is 0.443. The van der Waals surface area contributed by atoms with E-state index in [9.17, 15) is 0 Å². The van der Waals surface area contributed by atoms with Crippen molar-refractivity contribution in [2.24, 2.45) is 0 Å². The molecule has 0 unspecified atom stereocenters. The topological polar surface area (TPSA) is 35.5 Å². The van der Waals surface area contributed by atoms with Gasteiger partial charge in [-0.15, -0.1) is 0 Å². The maximum atomic E-state index is 8.93. The fourth-order valence-corrected chi connectivity index (χ4v) is 2.13. The van der Waals surface area contributed by atoms with Crippen LogP contribution in [0.5, 0.6) is 0 Å². The Labute approximate surface area is 81.1 Å². The third-order valence-corrected chi connectivity index (χ3v) is 2.88. The number of aliphatic hydroxyl groups excluding tert-OH is 1. The van der Waals surface area contributed by atoms with Crippen molar-refractivity contribution >= 4 is 0 Å². The maximum Gasteiger partial charge on any atom is 0.0558 e. The van der Waals surface area contributed by atoms with E-state index >= 15 is 0 Å². The Morgan fingerprint density at radius 2 is 2.00 bits per heavy atom. The molecule has 0 heterocycles. The Morgan fingerprint density at radius 3 is 2.54 bits per heavy atom. The zero-order valence-corrected chi connectivity index (χ0v) is 8.63. The molecule has 0 aromatic heterocycles. The number of hydrogen-bond donors (Lipinski definition) is 2. The minimum atomic E-state index is 0.292. The molecule has 0 saturated heterocycles. The monoisotopic (exact) mass is 186 g/mol. The first-order chi connectivity index (χ1) is 6.38. The van der Waals surface area contributed by atoms with Crippen molar-refractivity contribution in [3.63, 3.8) is 0 Å². The van der Waals surface area contributed by atoms with E-state index in [0.717, 1.165) is 25.7 Å². The van der Waals surface area contributed by atoms with Gasteiger partial charge < -0.3 is 10.4 Å². The molecule has 13 heavy (non-hydrogen) atoms. The Kier molecular flexibility index (Phi) is 5.35. The maximum absolute atomic E-state index is 8.93. The van der Waals surface area contributed by atoms with Crippen LogP contribution in [0.3, 0.4) is 0 Å². The van der Waals surface area contributed by atoms with Gasteiger partial charge in [0.05, 0.1) is 6.61 Å². The molecule has 1 aliphatic rings. The van der Waals surface area contributed by atoms with Gasteiger partial charge in [-0.25, -0.2) is 0 Å². The van der Waals surface area contributed by atoms with Crippen molar-refractivity contribution in [3.05, 3.63) is 0 Å². The molecule has 1 saturated carbocycles. The Hall–Kier alpha value is -0.120. The molecule has 3 nitrogen and oxygen atoms in total. The number of likely N-dealkylation sites (N-methyl/N-ethyl adjacent to an activating group) is 1. The van der Waals surface area contributed by atoms with Crippen LogP contribution in [0.4, 0.5) is 0 Å². The lowest BCUT2D eigenvalue weighted by Crippen LogP contribution is -2.39. The van der Waals surface area contributed by atoms with Gasteiger partial charge in [-0.1, -0.05) is 12.8 Å². The van der Waals surface area contributed by atoms with Crippen LogP contribution in [0.2, 0.25) is 0 Å². The van der Waals surface area contributed by atoms with Gasteiger partial charge in [-0.2, -0.15) is 0 Å². The molecular weight excluding hydrogens is 164 g/mol. The second-order valence-corrected chi connectivity index (χ2v) is 3.80. The second-order valence-electron chi connectivity index (χ2n) is 3.80. The molecule has 2 N–H and O–H groups in total. The highest BCUT2D eigenvalue weighted by Gasteiger charge is 2.21. The van der Waals surface area contributed by atoms with Crippen LogP contribution >= 0.6 is 0 Å². The molecule has 0 spiro atoms. The van der Waals surface area contributed by atoms with Gasteiger partial charge in [0, 0.05) is 25.7 Å². The summed E-state index contributed by atoms with van der Waals surface area (Å²) in [7, 11) is 1.98. The predicted molar refractivity (Wildman–Crippen MR) is 54.8 cm³/mol.